The highest BCUT2D eigenvalue weighted by Gasteiger charge is 1.91. The number of aliphatic carboxylic acids is 1. The Bertz CT molecular complexity index is 345. The lowest BCUT2D eigenvalue weighted by Gasteiger charge is -2.06. The zero-order valence-corrected chi connectivity index (χ0v) is 16.7. The molecule has 0 heterocycles. The summed E-state index contributed by atoms with van der Waals surface area (Å²) in [7, 11) is 0. The maximum absolute atomic E-state index is 10.3. The van der Waals surface area contributed by atoms with Gasteiger partial charge in [0.1, 0.15) is 0 Å². The molecule has 0 aliphatic heterocycles. The Kier molecular flexibility index (Phi) is 32.2. The standard InChI is InChI=1S/C8H23N5.C7H12O2.C3H4O2/c9-1-3-11-5-7-13-8-6-12-4-2-10;1-3-5-6-9-7(8)4-2;1-2-3(4)5/h11-13H,1-10H2;4H,2-3,5-6H2,1H3;2H,1H2,(H,4,5). The number of carbonyl (C=O) groups is 2. The minimum Gasteiger partial charge on any atom is -0.478 e. The molecule has 0 saturated carbocycles. The number of hydrogen-bond acceptors (Lipinski definition) is 8. The van der Waals surface area contributed by atoms with Gasteiger partial charge in [-0.05, 0) is 6.42 Å². The second-order valence-electron chi connectivity index (χ2n) is 5.09. The summed E-state index contributed by atoms with van der Waals surface area (Å²) >= 11 is 0. The average Bonchev–Trinajstić information content (AvgIpc) is 2.67. The molecule has 0 unspecified atom stereocenters. The highest BCUT2D eigenvalue weighted by molar-refractivity contribution is 5.81. The van der Waals surface area contributed by atoms with E-state index in [4.69, 9.17) is 16.6 Å². The normalized spacial score (nSPS) is 9.15. The Morgan fingerprint density at radius 2 is 1.33 bits per heavy atom. The van der Waals surface area contributed by atoms with E-state index in [1.807, 2.05) is 6.92 Å². The third kappa shape index (κ3) is 40.3. The minimum absolute atomic E-state index is 0.330. The topological polar surface area (TPSA) is 152 Å². The molecule has 9 heteroatoms. The first-order valence-corrected chi connectivity index (χ1v) is 9.16. The van der Waals surface area contributed by atoms with Crippen LogP contribution in [0.5, 0.6) is 0 Å². The molecule has 0 spiro atoms. The number of carboxylic acid groups (broad SMARTS) is 1. The number of nitrogens with one attached hydrogen (secondary N) is 3. The van der Waals surface area contributed by atoms with Crippen LogP contribution in [0.2, 0.25) is 0 Å². The van der Waals surface area contributed by atoms with Gasteiger partial charge in [-0.2, -0.15) is 0 Å². The van der Waals surface area contributed by atoms with Crippen LogP contribution in [-0.4, -0.2) is 76.0 Å². The van der Waals surface area contributed by atoms with Crippen molar-refractivity contribution in [2.75, 3.05) is 59.0 Å². The third-order valence-electron chi connectivity index (χ3n) is 2.68. The molecule has 0 radical (unpaired) electrons. The number of rotatable bonds is 15. The molecule has 160 valence electrons. The highest BCUT2D eigenvalue weighted by atomic mass is 16.5. The number of esters is 1. The van der Waals surface area contributed by atoms with Gasteiger partial charge in [0.15, 0.2) is 0 Å². The summed E-state index contributed by atoms with van der Waals surface area (Å²) in [6, 6.07) is 0. The van der Waals surface area contributed by atoms with Crippen molar-refractivity contribution in [3.63, 3.8) is 0 Å². The minimum atomic E-state index is -0.981. The van der Waals surface area contributed by atoms with E-state index in [-0.39, 0.29) is 5.97 Å². The van der Waals surface area contributed by atoms with Crippen LogP contribution in [0.1, 0.15) is 19.8 Å². The molecular formula is C18H39N5O4. The Hall–Kier alpha value is -1.78. The van der Waals surface area contributed by atoms with Gasteiger partial charge in [0.05, 0.1) is 6.61 Å². The fourth-order valence-corrected chi connectivity index (χ4v) is 1.31. The lowest BCUT2D eigenvalue weighted by atomic mass is 10.4. The number of carboxylic acids is 1. The number of unbranched alkanes of at least 4 members (excludes halogenated alkanes) is 1. The molecule has 27 heavy (non-hydrogen) atoms. The van der Waals surface area contributed by atoms with Crippen molar-refractivity contribution in [1.29, 1.82) is 0 Å². The zero-order valence-electron chi connectivity index (χ0n) is 16.7. The molecule has 0 rings (SSSR count). The SMILES string of the molecule is C=CC(=O)O.C=CC(=O)OCCCC.NCCNCCNCCNCCN. The van der Waals surface area contributed by atoms with Crippen molar-refractivity contribution in [3.8, 4) is 0 Å². The Morgan fingerprint density at radius 3 is 1.63 bits per heavy atom. The van der Waals surface area contributed by atoms with Crippen molar-refractivity contribution in [3.05, 3.63) is 25.3 Å². The first kappa shape index (κ1) is 30.0. The van der Waals surface area contributed by atoms with Crippen LogP contribution in [0.3, 0.4) is 0 Å². The summed E-state index contributed by atoms with van der Waals surface area (Å²) in [5.74, 6) is -1.31. The van der Waals surface area contributed by atoms with Gasteiger partial charge in [-0.25, -0.2) is 9.59 Å². The van der Waals surface area contributed by atoms with E-state index in [2.05, 4.69) is 33.8 Å². The maximum atomic E-state index is 10.3. The van der Waals surface area contributed by atoms with E-state index in [0.29, 0.717) is 19.7 Å². The van der Waals surface area contributed by atoms with Gasteiger partial charge in [-0.3, -0.25) is 0 Å². The summed E-state index contributed by atoms with van der Waals surface area (Å²) in [5, 5.41) is 17.3. The van der Waals surface area contributed by atoms with Crippen LogP contribution in [0.4, 0.5) is 0 Å². The van der Waals surface area contributed by atoms with Crippen LogP contribution < -0.4 is 27.4 Å². The van der Waals surface area contributed by atoms with E-state index in [0.717, 1.165) is 58.2 Å². The monoisotopic (exact) mass is 389 g/mol. The average molecular weight is 390 g/mol. The molecule has 0 aromatic heterocycles. The molecule has 0 fully saturated rings. The van der Waals surface area contributed by atoms with Crippen molar-refractivity contribution in [2.45, 2.75) is 19.8 Å². The van der Waals surface area contributed by atoms with E-state index < -0.39 is 5.97 Å². The van der Waals surface area contributed by atoms with Crippen LogP contribution in [0, 0.1) is 0 Å². The van der Waals surface area contributed by atoms with Crippen LogP contribution in [0.15, 0.2) is 25.3 Å². The lowest BCUT2D eigenvalue weighted by molar-refractivity contribution is -0.137. The van der Waals surface area contributed by atoms with Crippen LogP contribution in [0.25, 0.3) is 0 Å². The predicted molar refractivity (Wildman–Crippen MR) is 111 cm³/mol. The first-order chi connectivity index (χ1) is 13.0. The number of nitrogens with two attached hydrogens (primary N) is 2. The summed E-state index contributed by atoms with van der Waals surface area (Å²) in [6.07, 6.45) is 3.99. The summed E-state index contributed by atoms with van der Waals surface area (Å²) in [5.41, 5.74) is 10.6. The van der Waals surface area contributed by atoms with Gasteiger partial charge in [-0.15, -0.1) is 0 Å². The lowest BCUT2D eigenvalue weighted by Crippen LogP contribution is -2.35. The smallest absolute Gasteiger partial charge is 0.330 e. The first-order valence-electron chi connectivity index (χ1n) is 9.16. The number of carbonyl (C=O) groups excluding carboxylic acids is 1. The summed E-state index contributed by atoms with van der Waals surface area (Å²) < 4.78 is 4.67. The van der Waals surface area contributed by atoms with Crippen LogP contribution >= 0.6 is 0 Å². The van der Waals surface area contributed by atoms with Gasteiger partial charge < -0.3 is 37.3 Å². The molecule has 9 nitrogen and oxygen atoms in total. The molecule has 0 saturated heterocycles. The second kappa shape index (κ2) is 29.0. The maximum Gasteiger partial charge on any atom is 0.330 e. The fourth-order valence-electron chi connectivity index (χ4n) is 1.31. The highest BCUT2D eigenvalue weighted by Crippen LogP contribution is 1.88. The number of ether oxygens (including phenoxy) is 1. The molecule has 0 atom stereocenters. The van der Waals surface area contributed by atoms with Gasteiger partial charge in [-0.1, -0.05) is 26.5 Å². The molecule has 0 aromatic rings. The van der Waals surface area contributed by atoms with Crippen molar-refractivity contribution >= 4 is 11.9 Å². The van der Waals surface area contributed by atoms with Crippen molar-refractivity contribution in [1.82, 2.24) is 16.0 Å². The Labute approximate surface area is 163 Å². The van der Waals surface area contributed by atoms with E-state index in [1.165, 1.54) is 6.08 Å². The zero-order chi connectivity index (χ0) is 21.2. The van der Waals surface area contributed by atoms with Gasteiger partial charge in [0.2, 0.25) is 0 Å². The summed E-state index contributed by atoms with van der Waals surface area (Å²) in [4.78, 5) is 19.6. The van der Waals surface area contributed by atoms with E-state index >= 15 is 0 Å². The molecule has 8 N–H and O–H groups in total. The third-order valence-corrected chi connectivity index (χ3v) is 2.68. The largest absolute Gasteiger partial charge is 0.478 e. The fraction of sp³-hybridized carbons (Fsp3) is 0.667. The predicted octanol–water partition coefficient (Wildman–Crippen LogP) is -0.555. The number of hydrogen-bond donors (Lipinski definition) is 6. The van der Waals surface area contributed by atoms with Crippen LogP contribution in [-0.2, 0) is 14.3 Å². The van der Waals surface area contributed by atoms with E-state index in [9.17, 15) is 9.59 Å². The van der Waals surface area contributed by atoms with Crippen molar-refractivity contribution < 1.29 is 19.4 Å². The molecule has 0 aliphatic rings. The van der Waals surface area contributed by atoms with Gasteiger partial charge in [0, 0.05) is 64.5 Å². The molecular weight excluding hydrogens is 350 g/mol. The molecule has 0 bridgehead atoms. The molecule has 0 aliphatic carbocycles. The Balaban J connectivity index is -0.000000356. The van der Waals surface area contributed by atoms with E-state index in [1.54, 1.807) is 0 Å². The van der Waals surface area contributed by atoms with Crippen molar-refractivity contribution in [2.24, 2.45) is 11.5 Å². The Morgan fingerprint density at radius 1 is 0.926 bits per heavy atom. The van der Waals surface area contributed by atoms with Gasteiger partial charge in [0.25, 0.3) is 0 Å². The van der Waals surface area contributed by atoms with Gasteiger partial charge >= 0.3 is 11.9 Å². The molecule has 0 aromatic carbocycles. The quantitative estimate of drug-likeness (QED) is 0.123. The second-order valence-corrected chi connectivity index (χ2v) is 5.09. The summed E-state index contributed by atoms with van der Waals surface area (Å²) in [6.45, 7) is 15.9. The molecule has 0 amide bonds.